The predicted molar refractivity (Wildman–Crippen MR) is 89.0 cm³/mol. The Kier molecular flexibility index (Phi) is 4.26. The fourth-order valence-electron chi connectivity index (χ4n) is 2.53. The monoisotopic (exact) mass is 362 g/mol. The van der Waals surface area contributed by atoms with Crippen molar-refractivity contribution in [1.29, 1.82) is 0 Å². The minimum atomic E-state index is -1.26. The van der Waals surface area contributed by atoms with E-state index >= 15 is 0 Å². The van der Waals surface area contributed by atoms with Crippen LogP contribution in [0.4, 0.5) is 0 Å². The molecule has 1 aromatic carbocycles. The van der Waals surface area contributed by atoms with E-state index in [0.29, 0.717) is 16.3 Å². The van der Waals surface area contributed by atoms with Gasteiger partial charge in [-0.05, 0) is 30.3 Å². The Morgan fingerprint density at radius 3 is 2.64 bits per heavy atom. The van der Waals surface area contributed by atoms with Crippen LogP contribution in [-0.2, 0) is 20.1 Å². The molecule has 1 aromatic heterocycles. The molecule has 1 atom stereocenters. The lowest BCUT2D eigenvalue weighted by Gasteiger charge is -2.28. The van der Waals surface area contributed by atoms with Gasteiger partial charge in [0.05, 0.1) is 11.8 Å². The van der Waals surface area contributed by atoms with E-state index in [1.54, 1.807) is 31.2 Å². The van der Waals surface area contributed by atoms with Crippen molar-refractivity contribution in [2.24, 2.45) is 5.10 Å². The van der Waals surface area contributed by atoms with E-state index in [-0.39, 0.29) is 17.6 Å². The quantitative estimate of drug-likeness (QED) is 0.618. The van der Waals surface area contributed by atoms with Crippen LogP contribution in [0.15, 0.2) is 46.1 Å². The van der Waals surface area contributed by atoms with E-state index in [0.717, 1.165) is 0 Å². The van der Waals surface area contributed by atoms with Crippen LogP contribution in [0.1, 0.15) is 32.1 Å². The summed E-state index contributed by atoms with van der Waals surface area (Å²) in [7, 11) is 0. The van der Waals surface area contributed by atoms with Crippen LogP contribution in [0.5, 0.6) is 5.75 Å². The van der Waals surface area contributed by atoms with Gasteiger partial charge in [-0.2, -0.15) is 5.01 Å². The van der Waals surface area contributed by atoms with Gasteiger partial charge in [-0.25, -0.2) is 0 Å². The van der Waals surface area contributed by atoms with Gasteiger partial charge in [-0.3, -0.25) is 9.59 Å². The number of halogens is 1. The van der Waals surface area contributed by atoms with Crippen LogP contribution in [0.3, 0.4) is 0 Å². The lowest BCUT2D eigenvalue weighted by atomic mass is 10.1. The van der Waals surface area contributed by atoms with Crippen LogP contribution in [0.2, 0.25) is 5.02 Å². The molecule has 8 heteroatoms. The molecule has 0 fully saturated rings. The molecule has 1 aliphatic rings. The van der Waals surface area contributed by atoms with Crippen molar-refractivity contribution in [3.63, 3.8) is 0 Å². The highest BCUT2D eigenvalue weighted by atomic mass is 35.5. The fraction of sp³-hybridized carbons (Fsp3) is 0.235. The highest BCUT2D eigenvalue weighted by molar-refractivity contribution is 6.31. The summed E-state index contributed by atoms with van der Waals surface area (Å²) in [5, 5.41) is 5.81. The van der Waals surface area contributed by atoms with Gasteiger partial charge in [0.25, 0.3) is 5.72 Å². The number of ether oxygens (including phenoxy) is 2. The van der Waals surface area contributed by atoms with Gasteiger partial charge in [0.15, 0.2) is 5.76 Å². The molecule has 2 heterocycles. The van der Waals surface area contributed by atoms with Crippen molar-refractivity contribution in [3.05, 3.63) is 52.9 Å². The average Bonchev–Trinajstić information content (AvgIpc) is 3.17. The third-order valence-electron chi connectivity index (χ3n) is 3.59. The molecule has 1 amide bonds. The molecule has 0 bridgehead atoms. The van der Waals surface area contributed by atoms with Gasteiger partial charge < -0.3 is 13.9 Å². The normalized spacial score (nSPS) is 19.4. The second-order valence-corrected chi connectivity index (χ2v) is 5.97. The average molecular weight is 363 g/mol. The van der Waals surface area contributed by atoms with Crippen LogP contribution in [0.25, 0.3) is 0 Å². The lowest BCUT2D eigenvalue weighted by Crippen LogP contribution is -2.41. The molecule has 130 valence electrons. The molecule has 2 aromatic rings. The van der Waals surface area contributed by atoms with Crippen molar-refractivity contribution in [2.45, 2.75) is 26.5 Å². The van der Waals surface area contributed by atoms with Gasteiger partial charge >= 0.3 is 5.97 Å². The minimum Gasteiger partial charge on any atom is -0.463 e. The van der Waals surface area contributed by atoms with Gasteiger partial charge in [0, 0.05) is 25.8 Å². The largest absolute Gasteiger partial charge is 0.463 e. The Hall–Kier alpha value is -2.80. The van der Waals surface area contributed by atoms with E-state index in [1.807, 2.05) is 0 Å². The second kappa shape index (κ2) is 6.25. The first-order valence-corrected chi connectivity index (χ1v) is 7.80. The van der Waals surface area contributed by atoms with Crippen molar-refractivity contribution < 1.29 is 23.5 Å². The summed E-state index contributed by atoms with van der Waals surface area (Å²) in [6.45, 7) is 4.30. The topological polar surface area (TPSA) is 81.3 Å². The Morgan fingerprint density at radius 1 is 1.28 bits per heavy atom. The number of hydrazone groups is 1. The molecule has 0 N–H and O–H groups in total. The van der Waals surface area contributed by atoms with Gasteiger partial charge in [-0.1, -0.05) is 11.6 Å². The summed E-state index contributed by atoms with van der Waals surface area (Å²) < 4.78 is 16.5. The van der Waals surface area contributed by atoms with Gasteiger partial charge in [-0.15, -0.1) is 5.10 Å². The molecular formula is C17H15ClN2O5. The van der Waals surface area contributed by atoms with Crippen LogP contribution in [0, 0.1) is 0 Å². The molecule has 0 unspecified atom stereocenters. The van der Waals surface area contributed by atoms with Crippen LogP contribution < -0.4 is 4.74 Å². The number of nitrogens with zero attached hydrogens (tertiary/aromatic N) is 2. The molecule has 0 aliphatic carbocycles. The summed E-state index contributed by atoms with van der Waals surface area (Å²) in [5.74, 6) is -0.127. The number of hydrogen-bond donors (Lipinski definition) is 0. The molecule has 0 saturated heterocycles. The maximum atomic E-state index is 12.0. The number of amides is 1. The highest BCUT2D eigenvalue weighted by Gasteiger charge is 2.47. The van der Waals surface area contributed by atoms with E-state index in [4.69, 9.17) is 25.5 Å². The number of esters is 1. The first-order valence-electron chi connectivity index (χ1n) is 7.42. The zero-order chi connectivity index (χ0) is 18.2. The fourth-order valence-corrected chi connectivity index (χ4v) is 2.70. The number of benzene rings is 1. The van der Waals surface area contributed by atoms with Crippen LogP contribution >= 0.6 is 11.6 Å². The SMILES string of the molecule is CC(=O)Oc1ccc(Cl)cc1C1=NN(C(C)=O)[C@](C)(c2ccco2)O1. The second-order valence-electron chi connectivity index (χ2n) is 5.53. The smallest absolute Gasteiger partial charge is 0.308 e. The van der Waals surface area contributed by atoms with Gasteiger partial charge in [0.2, 0.25) is 11.8 Å². The molecule has 0 saturated carbocycles. The van der Waals surface area contributed by atoms with E-state index in [1.165, 1.54) is 31.2 Å². The molecular weight excluding hydrogens is 348 g/mol. The molecule has 25 heavy (non-hydrogen) atoms. The maximum Gasteiger partial charge on any atom is 0.308 e. The highest BCUT2D eigenvalue weighted by Crippen LogP contribution is 2.38. The third kappa shape index (κ3) is 3.10. The lowest BCUT2D eigenvalue weighted by molar-refractivity contribution is -0.148. The summed E-state index contributed by atoms with van der Waals surface area (Å²) in [6.07, 6.45) is 1.48. The summed E-state index contributed by atoms with van der Waals surface area (Å²) in [6, 6.07) is 8.02. The molecule has 3 rings (SSSR count). The molecule has 7 nitrogen and oxygen atoms in total. The number of carbonyl (C=O) groups is 2. The summed E-state index contributed by atoms with van der Waals surface area (Å²) >= 11 is 6.05. The number of hydrogen-bond acceptors (Lipinski definition) is 6. The summed E-state index contributed by atoms with van der Waals surface area (Å²) in [4.78, 5) is 23.4. The van der Waals surface area contributed by atoms with Crippen molar-refractivity contribution in [3.8, 4) is 5.75 Å². The zero-order valence-electron chi connectivity index (χ0n) is 13.8. The first kappa shape index (κ1) is 17.0. The Bertz CT molecular complexity index is 862. The van der Waals surface area contributed by atoms with E-state index in [2.05, 4.69) is 5.10 Å². The van der Waals surface area contributed by atoms with Crippen LogP contribution in [-0.4, -0.2) is 22.8 Å². The minimum absolute atomic E-state index is 0.0906. The number of carbonyl (C=O) groups excluding carboxylic acids is 2. The van der Waals surface area contributed by atoms with Crippen molar-refractivity contribution in [1.82, 2.24) is 5.01 Å². The number of rotatable bonds is 3. The predicted octanol–water partition coefficient (Wildman–Crippen LogP) is 3.27. The zero-order valence-corrected chi connectivity index (χ0v) is 14.5. The van der Waals surface area contributed by atoms with Crippen molar-refractivity contribution in [2.75, 3.05) is 0 Å². The third-order valence-corrected chi connectivity index (χ3v) is 3.83. The Morgan fingerprint density at radius 2 is 2.04 bits per heavy atom. The standard InChI is InChI=1S/C17H15ClN2O5/c1-10(21)20-17(3,15-5-4-8-23-15)25-16(19-20)13-9-12(18)6-7-14(13)24-11(2)22/h4-9H,1-3H3/t17-/m0/s1. The Balaban J connectivity index is 2.07. The number of furan rings is 1. The first-order chi connectivity index (χ1) is 11.8. The Labute approximate surface area is 148 Å². The van der Waals surface area contributed by atoms with E-state index < -0.39 is 11.7 Å². The van der Waals surface area contributed by atoms with Crippen molar-refractivity contribution >= 4 is 29.4 Å². The van der Waals surface area contributed by atoms with Gasteiger partial charge in [0.1, 0.15) is 5.75 Å². The molecule has 0 spiro atoms. The van der Waals surface area contributed by atoms with E-state index in [9.17, 15) is 9.59 Å². The summed E-state index contributed by atoms with van der Waals surface area (Å²) in [5.41, 5.74) is -0.912. The maximum absolute atomic E-state index is 12.0. The molecule has 0 radical (unpaired) electrons. The molecule has 1 aliphatic heterocycles.